The normalized spacial score (nSPS) is 29.1. The van der Waals surface area contributed by atoms with Crippen LogP contribution in [0.5, 0.6) is 0 Å². The van der Waals surface area contributed by atoms with E-state index in [2.05, 4.69) is 90.7 Å². The number of likely N-dealkylation sites (tertiary alicyclic amines) is 1. The summed E-state index contributed by atoms with van der Waals surface area (Å²) in [4.78, 5) is 2.65. The van der Waals surface area contributed by atoms with Crippen LogP contribution >= 0.6 is 11.8 Å². The first-order valence-electron chi connectivity index (χ1n) is 12.1. The lowest BCUT2D eigenvalue weighted by atomic mass is 9.84. The Hall–Kier alpha value is -1.92. The van der Waals surface area contributed by atoms with Crippen molar-refractivity contribution in [2.75, 3.05) is 6.54 Å². The van der Waals surface area contributed by atoms with Crippen molar-refractivity contribution in [3.05, 3.63) is 59.0 Å². The number of tetrazole rings is 1. The number of rotatable bonds is 5. The summed E-state index contributed by atoms with van der Waals surface area (Å²) >= 11 is 2.15. The van der Waals surface area contributed by atoms with E-state index < -0.39 is 0 Å². The van der Waals surface area contributed by atoms with E-state index in [0.717, 1.165) is 41.4 Å². The summed E-state index contributed by atoms with van der Waals surface area (Å²) in [6.07, 6.45) is 8.44. The van der Waals surface area contributed by atoms with Gasteiger partial charge < -0.3 is 0 Å². The molecule has 3 aliphatic rings. The third-order valence-corrected chi connectivity index (χ3v) is 9.18. The molecule has 0 spiro atoms. The number of aryl methyl sites for hydroxylation is 2. The summed E-state index contributed by atoms with van der Waals surface area (Å²) in [7, 11) is 0. The second kappa shape index (κ2) is 8.79. The predicted octanol–water partition coefficient (Wildman–Crippen LogP) is 5.59. The third-order valence-electron chi connectivity index (χ3n) is 7.68. The highest BCUT2D eigenvalue weighted by Gasteiger charge is 2.45. The first-order valence-corrected chi connectivity index (χ1v) is 13.0. The Morgan fingerprint density at radius 1 is 1.22 bits per heavy atom. The van der Waals surface area contributed by atoms with Gasteiger partial charge in [0, 0.05) is 16.5 Å². The van der Waals surface area contributed by atoms with Crippen molar-refractivity contribution in [3.8, 4) is 5.69 Å². The number of hydrogen-bond acceptors (Lipinski definition) is 5. The summed E-state index contributed by atoms with van der Waals surface area (Å²) < 4.78 is 2.02. The molecule has 1 aromatic heterocycles. The van der Waals surface area contributed by atoms with Crippen LogP contribution in [-0.2, 0) is 0 Å². The van der Waals surface area contributed by atoms with Crippen LogP contribution in [0, 0.1) is 19.8 Å². The molecule has 5 atom stereocenters. The first kappa shape index (κ1) is 21.9. The lowest BCUT2D eigenvalue weighted by Gasteiger charge is -2.34. The van der Waals surface area contributed by atoms with Gasteiger partial charge in [0.15, 0.2) is 5.82 Å². The number of thioether (sulfide) groups is 1. The van der Waals surface area contributed by atoms with E-state index in [1.807, 2.05) is 4.68 Å². The Balaban J connectivity index is 1.57. The van der Waals surface area contributed by atoms with E-state index in [1.165, 1.54) is 41.5 Å². The molecule has 0 bridgehead atoms. The second-order valence-electron chi connectivity index (χ2n) is 9.97. The fourth-order valence-electron chi connectivity index (χ4n) is 5.86. The van der Waals surface area contributed by atoms with Gasteiger partial charge in [-0.25, -0.2) is 0 Å². The summed E-state index contributed by atoms with van der Waals surface area (Å²) in [5, 5.41) is 14.9. The zero-order chi connectivity index (χ0) is 22.4. The molecule has 0 radical (unpaired) electrons. The highest BCUT2D eigenvalue weighted by Crippen LogP contribution is 2.54. The molecular weight excluding hydrogens is 414 g/mol. The van der Waals surface area contributed by atoms with Gasteiger partial charge in [-0.1, -0.05) is 36.4 Å². The Bertz CT molecular complexity index is 1020. The average molecular weight is 450 g/mol. The van der Waals surface area contributed by atoms with Crippen molar-refractivity contribution in [3.63, 3.8) is 0 Å². The molecule has 1 aromatic carbocycles. The van der Waals surface area contributed by atoms with Crippen LogP contribution in [0.1, 0.15) is 68.9 Å². The van der Waals surface area contributed by atoms with Crippen LogP contribution in [0.4, 0.5) is 0 Å². The van der Waals surface area contributed by atoms with E-state index >= 15 is 0 Å². The maximum atomic E-state index is 4.66. The molecule has 32 heavy (non-hydrogen) atoms. The fourth-order valence-corrected chi connectivity index (χ4v) is 7.24. The minimum absolute atomic E-state index is 0.132. The van der Waals surface area contributed by atoms with E-state index in [9.17, 15) is 0 Å². The minimum Gasteiger partial charge on any atom is -0.287 e. The Morgan fingerprint density at radius 2 is 2.00 bits per heavy atom. The summed E-state index contributed by atoms with van der Waals surface area (Å²) in [5.41, 5.74) is 6.38. The molecule has 6 heteroatoms. The van der Waals surface area contributed by atoms with E-state index in [1.54, 1.807) is 0 Å². The molecule has 2 aliphatic heterocycles. The minimum atomic E-state index is 0.132. The number of hydrogen-bond donors (Lipinski definition) is 0. The van der Waals surface area contributed by atoms with Crippen LogP contribution in [0.2, 0.25) is 0 Å². The maximum absolute atomic E-state index is 4.66. The number of allylic oxidation sites excluding steroid dienone is 2. The Labute approximate surface area is 196 Å². The number of nitrogens with zero attached hydrogens (tertiary/aromatic N) is 5. The van der Waals surface area contributed by atoms with E-state index in [-0.39, 0.29) is 6.04 Å². The molecular formula is C26H35N5S. The average Bonchev–Trinajstić information content (AvgIpc) is 3.11. The smallest absolute Gasteiger partial charge is 0.178 e. The van der Waals surface area contributed by atoms with Crippen LogP contribution in [-0.4, -0.2) is 48.2 Å². The van der Waals surface area contributed by atoms with Crippen LogP contribution < -0.4 is 0 Å². The van der Waals surface area contributed by atoms with Gasteiger partial charge >= 0.3 is 0 Å². The van der Waals surface area contributed by atoms with Crippen molar-refractivity contribution in [1.82, 2.24) is 25.1 Å². The number of aromatic nitrogens is 4. The van der Waals surface area contributed by atoms with Gasteiger partial charge in [-0.2, -0.15) is 16.4 Å². The molecule has 0 saturated carbocycles. The Morgan fingerprint density at radius 3 is 2.69 bits per heavy atom. The molecule has 170 valence electrons. The first-order chi connectivity index (χ1) is 15.5. The molecule has 5 unspecified atom stereocenters. The number of para-hydroxylation sites is 1. The van der Waals surface area contributed by atoms with Crippen LogP contribution in [0.15, 0.2) is 42.0 Å². The topological polar surface area (TPSA) is 46.8 Å². The largest absolute Gasteiger partial charge is 0.287 e. The molecule has 2 fully saturated rings. The molecule has 2 saturated heterocycles. The zero-order valence-corrected chi connectivity index (χ0v) is 20.6. The molecule has 3 heterocycles. The van der Waals surface area contributed by atoms with Gasteiger partial charge in [0.25, 0.3) is 0 Å². The van der Waals surface area contributed by atoms with Gasteiger partial charge in [-0.15, -0.1) is 5.10 Å². The van der Waals surface area contributed by atoms with Gasteiger partial charge in [0.1, 0.15) is 0 Å². The Kier molecular flexibility index (Phi) is 6.01. The van der Waals surface area contributed by atoms with Gasteiger partial charge in [0.05, 0.1) is 11.7 Å². The van der Waals surface area contributed by atoms with E-state index in [4.69, 9.17) is 0 Å². The molecule has 5 nitrogen and oxygen atoms in total. The maximum Gasteiger partial charge on any atom is 0.178 e. The molecule has 0 N–H and O–H groups in total. The SMILES string of the molecule is C=C(C)C1CCC(C(c2nnnn2-c2c(C)cccc2C)N2CCCC2C)=CCC2SC21. The van der Waals surface area contributed by atoms with Gasteiger partial charge in [0.2, 0.25) is 0 Å². The zero-order valence-electron chi connectivity index (χ0n) is 19.8. The second-order valence-corrected chi connectivity index (χ2v) is 11.4. The third kappa shape index (κ3) is 3.96. The quantitative estimate of drug-likeness (QED) is 0.440. The summed E-state index contributed by atoms with van der Waals surface area (Å²) in [6, 6.07) is 7.08. The fraction of sp³-hybridized carbons (Fsp3) is 0.577. The number of benzene rings is 1. The van der Waals surface area contributed by atoms with Crippen molar-refractivity contribution in [2.45, 2.75) is 82.4 Å². The lowest BCUT2D eigenvalue weighted by molar-refractivity contribution is 0.201. The highest BCUT2D eigenvalue weighted by molar-refractivity contribution is 8.07. The van der Waals surface area contributed by atoms with Crippen LogP contribution in [0.3, 0.4) is 0 Å². The summed E-state index contributed by atoms with van der Waals surface area (Å²) in [6.45, 7) is 14.3. The van der Waals surface area contributed by atoms with Crippen molar-refractivity contribution >= 4 is 11.8 Å². The predicted molar refractivity (Wildman–Crippen MR) is 132 cm³/mol. The van der Waals surface area contributed by atoms with Crippen molar-refractivity contribution < 1.29 is 0 Å². The number of fused-ring (bicyclic) bond motifs is 1. The standard InChI is InChI=1S/C26H35N5S/c1-16(2)21-13-11-20(12-14-22-25(21)32-22)24(30-15-7-10-19(30)5)26-27-28-29-31(26)23-17(3)8-6-9-18(23)4/h6,8-9,12,19,21-22,24-25H,1,7,10-11,13-15H2,2-5H3. The van der Waals surface area contributed by atoms with E-state index in [0.29, 0.717) is 12.0 Å². The van der Waals surface area contributed by atoms with Crippen molar-refractivity contribution in [1.29, 1.82) is 0 Å². The van der Waals surface area contributed by atoms with Gasteiger partial charge in [-0.05, 0) is 99.4 Å². The highest BCUT2D eigenvalue weighted by atomic mass is 32.2. The molecule has 2 aromatic rings. The monoisotopic (exact) mass is 449 g/mol. The molecule has 5 rings (SSSR count). The van der Waals surface area contributed by atoms with Crippen LogP contribution in [0.25, 0.3) is 5.69 Å². The molecule has 1 aliphatic carbocycles. The van der Waals surface area contributed by atoms with Crippen molar-refractivity contribution in [2.24, 2.45) is 5.92 Å². The summed E-state index contributed by atoms with van der Waals surface area (Å²) in [5.74, 6) is 1.59. The van der Waals surface area contributed by atoms with Gasteiger partial charge in [-0.3, -0.25) is 4.90 Å². The lowest BCUT2D eigenvalue weighted by Crippen LogP contribution is -2.35. The molecule has 0 amide bonds.